The third kappa shape index (κ3) is 4.84. The van der Waals surface area contributed by atoms with Gasteiger partial charge in [-0.05, 0) is 49.2 Å². The molecule has 0 aliphatic heterocycles. The number of aromatic nitrogens is 3. The summed E-state index contributed by atoms with van der Waals surface area (Å²) in [5, 5.41) is 4.25. The van der Waals surface area contributed by atoms with Crippen LogP contribution in [0.25, 0.3) is 20.4 Å². The van der Waals surface area contributed by atoms with Crippen molar-refractivity contribution in [2.75, 3.05) is 18.2 Å². The molecule has 0 radical (unpaired) electrons. The zero-order valence-electron chi connectivity index (χ0n) is 20.1. The van der Waals surface area contributed by atoms with Gasteiger partial charge in [0.05, 0.1) is 30.6 Å². The summed E-state index contributed by atoms with van der Waals surface area (Å²) in [6.45, 7) is 4.34. The first-order valence-electron chi connectivity index (χ1n) is 11.3. The van der Waals surface area contributed by atoms with Crippen molar-refractivity contribution in [1.82, 2.24) is 14.5 Å². The van der Waals surface area contributed by atoms with Crippen LogP contribution in [-0.4, -0.2) is 33.3 Å². The van der Waals surface area contributed by atoms with Gasteiger partial charge in [-0.1, -0.05) is 47.7 Å². The second-order valence-electron chi connectivity index (χ2n) is 8.45. The molecule has 1 amide bonds. The number of ether oxygens (including phenoxy) is 1. The van der Waals surface area contributed by atoms with Gasteiger partial charge in [0.25, 0.3) is 5.56 Å². The largest absolute Gasteiger partial charge is 0.495 e. The minimum atomic E-state index is -0.211. The van der Waals surface area contributed by atoms with Gasteiger partial charge in [-0.25, -0.2) is 9.97 Å². The Bertz CT molecular complexity index is 1640. The number of thiophene rings is 1. The molecule has 1 N–H and O–H groups in total. The van der Waals surface area contributed by atoms with Crippen molar-refractivity contribution in [2.24, 2.45) is 0 Å². The lowest BCUT2D eigenvalue weighted by Crippen LogP contribution is -2.24. The summed E-state index contributed by atoms with van der Waals surface area (Å²) >= 11 is 2.59. The van der Waals surface area contributed by atoms with E-state index in [4.69, 9.17) is 9.72 Å². The number of nitrogens with one attached hydrogen (secondary N) is 1. The number of anilines is 1. The van der Waals surface area contributed by atoms with E-state index in [0.717, 1.165) is 26.9 Å². The highest BCUT2D eigenvalue weighted by Gasteiger charge is 2.18. The number of benzene rings is 2. The van der Waals surface area contributed by atoms with Gasteiger partial charge in [-0.15, -0.1) is 11.3 Å². The number of carbonyl (C=O) groups excluding carboxylic acids is 1. The number of pyridine rings is 1. The Labute approximate surface area is 216 Å². The van der Waals surface area contributed by atoms with Crippen molar-refractivity contribution >= 4 is 55.1 Å². The van der Waals surface area contributed by atoms with Crippen LogP contribution in [0.4, 0.5) is 5.69 Å². The van der Waals surface area contributed by atoms with Gasteiger partial charge in [-0.3, -0.25) is 14.2 Å². The van der Waals surface area contributed by atoms with E-state index in [9.17, 15) is 9.59 Å². The Hall–Kier alpha value is -3.69. The van der Waals surface area contributed by atoms with Crippen molar-refractivity contribution in [3.05, 3.63) is 87.8 Å². The predicted octanol–water partition coefficient (Wildman–Crippen LogP) is 5.41. The molecule has 36 heavy (non-hydrogen) atoms. The monoisotopic (exact) mass is 516 g/mol. The van der Waals surface area contributed by atoms with E-state index in [0.29, 0.717) is 33.4 Å². The molecular weight excluding hydrogens is 492 g/mol. The number of hydrogen-bond donors (Lipinski definition) is 1. The van der Waals surface area contributed by atoms with Gasteiger partial charge in [-0.2, -0.15) is 0 Å². The minimum Gasteiger partial charge on any atom is -0.495 e. The summed E-state index contributed by atoms with van der Waals surface area (Å²) < 4.78 is 7.58. The van der Waals surface area contributed by atoms with Crippen LogP contribution in [0, 0.1) is 13.8 Å². The first-order valence-corrected chi connectivity index (χ1v) is 13.1. The van der Waals surface area contributed by atoms with Crippen LogP contribution >= 0.6 is 23.1 Å². The molecule has 3 aromatic heterocycles. The van der Waals surface area contributed by atoms with Crippen LogP contribution in [0.2, 0.25) is 0 Å². The highest BCUT2D eigenvalue weighted by Crippen LogP contribution is 2.31. The third-order valence-corrected chi connectivity index (χ3v) is 7.81. The van der Waals surface area contributed by atoms with Crippen LogP contribution in [-0.2, 0) is 11.3 Å². The number of thioether (sulfide) groups is 1. The Balaban J connectivity index is 1.50. The molecule has 0 unspecified atom stereocenters. The number of hydrogen-bond acceptors (Lipinski definition) is 7. The molecule has 0 aliphatic rings. The Morgan fingerprint density at radius 2 is 1.89 bits per heavy atom. The normalized spacial score (nSPS) is 11.2. The fourth-order valence-corrected chi connectivity index (χ4v) is 5.73. The van der Waals surface area contributed by atoms with Gasteiger partial charge in [0.2, 0.25) is 5.91 Å². The SMILES string of the molecule is COc1ccc(C)cc1NC(=O)CSc1nc2c(sc3ncccc32)c(=O)n1Cc1ccc(C)cc1. The molecule has 0 bridgehead atoms. The molecule has 9 heteroatoms. The predicted molar refractivity (Wildman–Crippen MR) is 147 cm³/mol. The topological polar surface area (TPSA) is 86.1 Å². The lowest BCUT2D eigenvalue weighted by Gasteiger charge is -2.13. The maximum Gasteiger partial charge on any atom is 0.272 e. The van der Waals surface area contributed by atoms with E-state index in [-0.39, 0.29) is 17.2 Å². The van der Waals surface area contributed by atoms with E-state index in [1.54, 1.807) is 17.9 Å². The van der Waals surface area contributed by atoms with Gasteiger partial charge in [0, 0.05) is 11.6 Å². The molecule has 3 heterocycles. The van der Waals surface area contributed by atoms with E-state index in [1.807, 2.05) is 68.4 Å². The van der Waals surface area contributed by atoms with Gasteiger partial charge < -0.3 is 10.1 Å². The summed E-state index contributed by atoms with van der Waals surface area (Å²) in [6, 6.07) is 17.4. The summed E-state index contributed by atoms with van der Waals surface area (Å²) in [4.78, 5) is 36.5. The van der Waals surface area contributed by atoms with Crippen LogP contribution in [0.5, 0.6) is 5.75 Å². The van der Waals surface area contributed by atoms with Crippen LogP contribution in [0.15, 0.2) is 70.7 Å². The standard InChI is InChI=1S/C27H24N4O3S2/c1-16-6-9-18(10-7-16)14-31-26(33)24-23(19-5-4-12-28-25(19)36-24)30-27(31)35-15-22(32)29-20-13-17(2)8-11-21(20)34-3/h4-13H,14-15H2,1-3H3,(H,29,32). The van der Waals surface area contributed by atoms with Crippen molar-refractivity contribution in [2.45, 2.75) is 25.5 Å². The van der Waals surface area contributed by atoms with Gasteiger partial charge in [0.15, 0.2) is 5.16 Å². The highest BCUT2D eigenvalue weighted by molar-refractivity contribution is 7.99. The second-order valence-corrected chi connectivity index (χ2v) is 10.4. The molecule has 7 nitrogen and oxygen atoms in total. The van der Waals surface area contributed by atoms with Crippen LogP contribution in [0.1, 0.15) is 16.7 Å². The molecule has 0 atom stereocenters. The molecule has 5 aromatic rings. The van der Waals surface area contributed by atoms with Crippen molar-refractivity contribution in [3.63, 3.8) is 0 Å². The quantitative estimate of drug-likeness (QED) is 0.230. The van der Waals surface area contributed by atoms with Crippen molar-refractivity contribution in [3.8, 4) is 5.75 Å². The Morgan fingerprint density at radius 3 is 2.67 bits per heavy atom. The fourth-order valence-electron chi connectivity index (χ4n) is 3.90. The summed E-state index contributed by atoms with van der Waals surface area (Å²) in [6.07, 6.45) is 1.71. The average Bonchev–Trinajstić information content (AvgIpc) is 3.25. The minimum absolute atomic E-state index is 0.0866. The summed E-state index contributed by atoms with van der Waals surface area (Å²) in [7, 11) is 1.57. The van der Waals surface area contributed by atoms with Crippen LogP contribution in [0.3, 0.4) is 0 Å². The number of aryl methyl sites for hydroxylation is 2. The van der Waals surface area contributed by atoms with E-state index in [1.165, 1.54) is 23.1 Å². The Kier molecular flexibility index (Phi) is 6.75. The molecule has 0 fully saturated rings. The number of methoxy groups -OCH3 is 1. The zero-order chi connectivity index (χ0) is 25.2. The first kappa shape index (κ1) is 24.0. The third-order valence-electron chi connectivity index (χ3n) is 5.74. The van der Waals surface area contributed by atoms with Gasteiger partial charge in [0.1, 0.15) is 15.3 Å². The van der Waals surface area contributed by atoms with E-state index >= 15 is 0 Å². The first-order chi connectivity index (χ1) is 17.4. The molecule has 0 saturated carbocycles. The average molecular weight is 517 g/mol. The molecular formula is C27H24N4O3S2. The molecule has 0 aliphatic carbocycles. The summed E-state index contributed by atoms with van der Waals surface area (Å²) in [5.74, 6) is 0.465. The van der Waals surface area contributed by atoms with Crippen molar-refractivity contribution < 1.29 is 9.53 Å². The molecule has 0 spiro atoms. The number of carbonyl (C=O) groups is 1. The zero-order valence-corrected chi connectivity index (χ0v) is 21.7. The fraction of sp³-hybridized carbons (Fsp3) is 0.185. The summed E-state index contributed by atoms with van der Waals surface area (Å²) in [5.41, 5.74) is 4.24. The van der Waals surface area contributed by atoms with Crippen molar-refractivity contribution in [1.29, 1.82) is 0 Å². The maximum absolute atomic E-state index is 13.6. The number of fused-ring (bicyclic) bond motifs is 3. The Morgan fingerprint density at radius 1 is 1.11 bits per heavy atom. The number of nitrogens with zero attached hydrogens (tertiary/aromatic N) is 3. The second kappa shape index (κ2) is 10.1. The van der Waals surface area contributed by atoms with Crippen LogP contribution < -0.4 is 15.6 Å². The molecule has 5 rings (SSSR count). The molecule has 182 valence electrons. The van der Waals surface area contributed by atoms with E-state index < -0.39 is 0 Å². The molecule has 2 aromatic carbocycles. The maximum atomic E-state index is 13.6. The lowest BCUT2D eigenvalue weighted by molar-refractivity contribution is -0.113. The lowest BCUT2D eigenvalue weighted by atomic mass is 10.1. The highest BCUT2D eigenvalue weighted by atomic mass is 32.2. The smallest absolute Gasteiger partial charge is 0.272 e. The number of amides is 1. The molecule has 0 saturated heterocycles. The van der Waals surface area contributed by atoms with E-state index in [2.05, 4.69) is 10.3 Å². The number of rotatable bonds is 7. The van der Waals surface area contributed by atoms with Gasteiger partial charge >= 0.3 is 0 Å².